The molecule has 1 atom stereocenters. The molecule has 1 aliphatic rings. The van der Waals surface area contributed by atoms with Crippen LogP contribution in [0.1, 0.15) is 37.1 Å². The summed E-state index contributed by atoms with van der Waals surface area (Å²) in [7, 11) is 0. The molecule has 1 amide bonds. The molecule has 1 saturated heterocycles. The van der Waals surface area contributed by atoms with Gasteiger partial charge in [-0.3, -0.25) is 14.3 Å². The normalized spacial score (nSPS) is 18.5. The maximum atomic E-state index is 12.0. The fourth-order valence-corrected chi connectivity index (χ4v) is 3.25. The van der Waals surface area contributed by atoms with Gasteiger partial charge in [-0.25, -0.2) is 4.79 Å². The van der Waals surface area contributed by atoms with Gasteiger partial charge in [0.05, 0.1) is 6.61 Å². The summed E-state index contributed by atoms with van der Waals surface area (Å²) in [6, 6.07) is 2.06. The molecule has 1 unspecified atom stereocenters. The number of hydrogen-bond acceptors (Lipinski definition) is 5. The molecule has 0 spiro atoms. The average molecular weight is 336 g/mol. The number of rotatable bonds is 7. The van der Waals surface area contributed by atoms with Crippen molar-refractivity contribution in [2.75, 3.05) is 26.2 Å². The van der Waals surface area contributed by atoms with E-state index >= 15 is 0 Å². The lowest BCUT2D eigenvalue weighted by molar-refractivity contribution is -0.121. The number of nitrogens with zero attached hydrogens (tertiary/aromatic N) is 3. The van der Waals surface area contributed by atoms with Crippen LogP contribution in [0.25, 0.3) is 0 Å². The van der Waals surface area contributed by atoms with E-state index in [4.69, 9.17) is 0 Å². The highest BCUT2D eigenvalue weighted by atomic mass is 16.3. The third-order valence-electron chi connectivity index (χ3n) is 4.59. The number of hydrogen-bond donors (Lipinski definition) is 2. The van der Waals surface area contributed by atoms with E-state index in [0.717, 1.165) is 38.0 Å². The minimum atomic E-state index is -0.306. The molecule has 2 rings (SSSR count). The number of aromatic nitrogens is 2. The summed E-state index contributed by atoms with van der Waals surface area (Å²) >= 11 is 0. The van der Waals surface area contributed by atoms with Crippen LogP contribution in [-0.2, 0) is 11.3 Å². The molecule has 7 heteroatoms. The Morgan fingerprint density at radius 2 is 2.17 bits per heavy atom. The van der Waals surface area contributed by atoms with Gasteiger partial charge in [-0.15, -0.1) is 0 Å². The van der Waals surface area contributed by atoms with E-state index in [1.807, 2.05) is 13.0 Å². The smallest absolute Gasteiger partial charge is 0.347 e. The van der Waals surface area contributed by atoms with Gasteiger partial charge in [-0.2, -0.15) is 4.98 Å². The number of aliphatic hydroxyl groups excluding tert-OH is 1. The quantitative estimate of drug-likeness (QED) is 0.743. The third kappa shape index (κ3) is 5.14. The van der Waals surface area contributed by atoms with Crippen molar-refractivity contribution in [2.45, 2.75) is 52.1 Å². The van der Waals surface area contributed by atoms with E-state index in [-0.39, 0.29) is 30.7 Å². The number of piperidine rings is 1. The van der Waals surface area contributed by atoms with Gasteiger partial charge < -0.3 is 10.4 Å². The molecular formula is C17H28N4O3. The van der Waals surface area contributed by atoms with Crippen molar-refractivity contribution in [1.29, 1.82) is 0 Å². The number of carbonyl (C=O) groups is 1. The van der Waals surface area contributed by atoms with Crippen molar-refractivity contribution >= 4 is 5.91 Å². The number of nitrogens with one attached hydrogen (secondary N) is 1. The lowest BCUT2D eigenvalue weighted by Crippen LogP contribution is -2.45. The summed E-state index contributed by atoms with van der Waals surface area (Å²) in [5.74, 6) is -0.0700. The van der Waals surface area contributed by atoms with E-state index in [1.54, 1.807) is 6.92 Å². The number of likely N-dealkylation sites (tertiary alicyclic amines) is 1. The van der Waals surface area contributed by atoms with Crippen molar-refractivity contribution in [1.82, 2.24) is 19.8 Å². The second-order valence-corrected chi connectivity index (χ2v) is 6.44. The van der Waals surface area contributed by atoms with Crippen LogP contribution < -0.4 is 11.0 Å². The molecule has 0 aliphatic carbocycles. The Morgan fingerprint density at radius 1 is 1.38 bits per heavy atom. The fourth-order valence-electron chi connectivity index (χ4n) is 3.25. The average Bonchev–Trinajstić information content (AvgIpc) is 2.54. The molecule has 134 valence electrons. The number of aryl methyl sites for hydroxylation is 2. The largest absolute Gasteiger partial charge is 0.395 e. The first kappa shape index (κ1) is 18.6. The Morgan fingerprint density at radius 3 is 2.88 bits per heavy atom. The van der Waals surface area contributed by atoms with E-state index in [0.29, 0.717) is 18.8 Å². The van der Waals surface area contributed by atoms with Crippen LogP contribution in [0.5, 0.6) is 0 Å². The summed E-state index contributed by atoms with van der Waals surface area (Å²) < 4.78 is 1.53. The minimum Gasteiger partial charge on any atom is -0.395 e. The van der Waals surface area contributed by atoms with Gasteiger partial charge in [0, 0.05) is 43.5 Å². The Labute approximate surface area is 142 Å². The second-order valence-electron chi connectivity index (χ2n) is 6.44. The van der Waals surface area contributed by atoms with Crippen LogP contribution in [0, 0.1) is 13.8 Å². The number of amides is 1. The van der Waals surface area contributed by atoms with Crippen LogP contribution in [-0.4, -0.2) is 57.7 Å². The molecule has 1 fully saturated rings. The molecule has 0 radical (unpaired) electrons. The summed E-state index contributed by atoms with van der Waals surface area (Å²) in [6.45, 7) is 6.44. The minimum absolute atomic E-state index is 0.0700. The van der Waals surface area contributed by atoms with Crippen LogP contribution in [0.4, 0.5) is 0 Å². The molecular weight excluding hydrogens is 308 g/mol. The van der Waals surface area contributed by atoms with Crippen molar-refractivity contribution in [2.24, 2.45) is 0 Å². The van der Waals surface area contributed by atoms with Crippen LogP contribution in [0.3, 0.4) is 0 Å². The number of carbonyl (C=O) groups excluding carboxylic acids is 1. The molecule has 0 saturated carbocycles. The highest BCUT2D eigenvalue weighted by molar-refractivity contribution is 5.75. The predicted octanol–water partition coefficient (Wildman–Crippen LogP) is 0.213. The summed E-state index contributed by atoms with van der Waals surface area (Å²) in [5.41, 5.74) is 1.21. The Hall–Kier alpha value is -1.73. The first-order valence-electron chi connectivity index (χ1n) is 8.68. The van der Waals surface area contributed by atoms with Crippen molar-refractivity contribution in [3.05, 3.63) is 27.9 Å². The Bertz CT molecular complexity index is 614. The van der Waals surface area contributed by atoms with Crippen molar-refractivity contribution in [3.8, 4) is 0 Å². The zero-order chi connectivity index (χ0) is 17.5. The molecule has 2 N–H and O–H groups in total. The topological polar surface area (TPSA) is 87.5 Å². The summed E-state index contributed by atoms with van der Waals surface area (Å²) in [4.78, 5) is 30.0. The fraction of sp³-hybridized carbons (Fsp3) is 0.706. The van der Waals surface area contributed by atoms with E-state index in [9.17, 15) is 14.7 Å². The van der Waals surface area contributed by atoms with Crippen molar-refractivity contribution < 1.29 is 9.90 Å². The Kier molecular flexibility index (Phi) is 6.93. The SMILES string of the molecule is Cc1cc(C)n(CCC(=O)NCCN2CCCCC2CO)c(=O)n1. The number of aliphatic hydroxyl groups is 1. The van der Waals surface area contributed by atoms with Gasteiger partial charge in [0.2, 0.25) is 5.91 Å². The summed E-state index contributed by atoms with van der Waals surface area (Å²) in [5, 5.41) is 12.3. The Balaban J connectivity index is 1.75. The van der Waals surface area contributed by atoms with Gasteiger partial charge in [-0.05, 0) is 39.3 Å². The molecule has 0 bridgehead atoms. The maximum absolute atomic E-state index is 12.0. The second kappa shape index (κ2) is 8.94. The standard InChI is InChI=1S/C17H28N4O3/c1-13-11-14(2)21(17(24)19-13)9-6-16(23)18-7-10-20-8-4-3-5-15(20)12-22/h11,15,22H,3-10,12H2,1-2H3,(H,18,23). The molecule has 2 heterocycles. The summed E-state index contributed by atoms with van der Waals surface area (Å²) in [6.07, 6.45) is 3.59. The predicted molar refractivity (Wildman–Crippen MR) is 91.9 cm³/mol. The molecule has 7 nitrogen and oxygen atoms in total. The molecule has 24 heavy (non-hydrogen) atoms. The molecule has 1 aromatic rings. The zero-order valence-corrected chi connectivity index (χ0v) is 14.6. The van der Waals surface area contributed by atoms with Gasteiger partial charge >= 0.3 is 5.69 Å². The highest BCUT2D eigenvalue weighted by Crippen LogP contribution is 2.15. The van der Waals surface area contributed by atoms with Gasteiger partial charge in [0.1, 0.15) is 0 Å². The van der Waals surface area contributed by atoms with E-state index < -0.39 is 0 Å². The lowest BCUT2D eigenvalue weighted by Gasteiger charge is -2.34. The van der Waals surface area contributed by atoms with Crippen LogP contribution >= 0.6 is 0 Å². The van der Waals surface area contributed by atoms with Gasteiger partial charge in [-0.1, -0.05) is 6.42 Å². The van der Waals surface area contributed by atoms with E-state index in [1.165, 1.54) is 4.57 Å². The first-order chi connectivity index (χ1) is 11.5. The molecule has 1 aliphatic heterocycles. The van der Waals surface area contributed by atoms with E-state index in [2.05, 4.69) is 15.2 Å². The lowest BCUT2D eigenvalue weighted by atomic mass is 10.0. The third-order valence-corrected chi connectivity index (χ3v) is 4.59. The van der Waals surface area contributed by atoms with Crippen LogP contribution in [0.15, 0.2) is 10.9 Å². The molecule has 0 aromatic carbocycles. The maximum Gasteiger partial charge on any atom is 0.347 e. The zero-order valence-electron chi connectivity index (χ0n) is 14.6. The van der Waals surface area contributed by atoms with Crippen molar-refractivity contribution in [3.63, 3.8) is 0 Å². The van der Waals surface area contributed by atoms with Crippen LogP contribution in [0.2, 0.25) is 0 Å². The first-order valence-corrected chi connectivity index (χ1v) is 8.68. The van der Waals surface area contributed by atoms with Gasteiger partial charge in [0.25, 0.3) is 0 Å². The van der Waals surface area contributed by atoms with Gasteiger partial charge in [0.15, 0.2) is 0 Å². The monoisotopic (exact) mass is 336 g/mol. The highest BCUT2D eigenvalue weighted by Gasteiger charge is 2.20. The molecule has 1 aromatic heterocycles.